The van der Waals surface area contributed by atoms with Crippen LogP contribution in [0.3, 0.4) is 0 Å². The van der Waals surface area contributed by atoms with Crippen LogP contribution in [0.1, 0.15) is 39.2 Å². The summed E-state index contributed by atoms with van der Waals surface area (Å²) in [5.74, 6) is 0.688. The third-order valence-corrected chi connectivity index (χ3v) is 5.62. The molecule has 1 aromatic carbocycles. The fourth-order valence-corrected chi connectivity index (χ4v) is 3.31. The molecule has 0 saturated carbocycles. The number of benzene rings is 1. The number of hydrogen-bond acceptors (Lipinski definition) is 2. The van der Waals surface area contributed by atoms with Crippen molar-refractivity contribution in [3.05, 3.63) is 33.8 Å². The number of nitrogens with one attached hydrogen (secondary N) is 1. The van der Waals surface area contributed by atoms with Crippen molar-refractivity contribution in [1.82, 2.24) is 10.2 Å². The molecule has 1 aliphatic rings. The summed E-state index contributed by atoms with van der Waals surface area (Å²) in [6.45, 7) is 9.93. The third kappa shape index (κ3) is 4.35. The van der Waals surface area contributed by atoms with Gasteiger partial charge in [0.25, 0.3) is 0 Å². The van der Waals surface area contributed by atoms with E-state index in [1.165, 1.54) is 12.8 Å². The Morgan fingerprint density at radius 2 is 2.14 bits per heavy atom. The Bertz CT molecular complexity index is 464. The van der Waals surface area contributed by atoms with Crippen molar-refractivity contribution < 1.29 is 0 Å². The van der Waals surface area contributed by atoms with Gasteiger partial charge in [0.1, 0.15) is 0 Å². The zero-order chi connectivity index (χ0) is 15.4. The molecule has 4 heteroatoms. The van der Waals surface area contributed by atoms with Crippen LogP contribution in [-0.4, -0.2) is 30.1 Å². The second-order valence-corrected chi connectivity index (χ2v) is 7.01. The molecule has 1 aromatic rings. The minimum atomic E-state index is 0.554. The van der Waals surface area contributed by atoms with E-state index in [0.29, 0.717) is 28.0 Å². The summed E-state index contributed by atoms with van der Waals surface area (Å²) < 4.78 is 0. The van der Waals surface area contributed by atoms with E-state index in [-0.39, 0.29) is 0 Å². The van der Waals surface area contributed by atoms with E-state index in [2.05, 4.69) is 37.1 Å². The molecule has 118 valence electrons. The van der Waals surface area contributed by atoms with Crippen LogP contribution < -0.4 is 5.32 Å². The molecule has 0 bridgehead atoms. The first kappa shape index (κ1) is 17.1. The van der Waals surface area contributed by atoms with E-state index in [4.69, 9.17) is 23.2 Å². The quantitative estimate of drug-likeness (QED) is 0.869. The first-order valence-electron chi connectivity index (χ1n) is 7.93. The normalized spacial score (nSPS) is 25.6. The van der Waals surface area contributed by atoms with Crippen molar-refractivity contribution in [2.75, 3.05) is 13.1 Å². The number of nitrogens with zero attached hydrogens (tertiary/aromatic N) is 1. The van der Waals surface area contributed by atoms with Gasteiger partial charge in [-0.15, -0.1) is 0 Å². The Morgan fingerprint density at radius 3 is 2.86 bits per heavy atom. The number of rotatable bonds is 4. The standard InChI is InChI=1S/C17H26Cl2N2/c1-4-12(2)16-11-21(13(3)8-9-20-16)10-14-6-5-7-15(18)17(14)19/h5-7,12-13,16,20H,4,8-11H2,1-3H3. The van der Waals surface area contributed by atoms with E-state index >= 15 is 0 Å². The van der Waals surface area contributed by atoms with Gasteiger partial charge < -0.3 is 5.32 Å². The Labute approximate surface area is 138 Å². The van der Waals surface area contributed by atoms with E-state index in [1.54, 1.807) is 0 Å². The first-order chi connectivity index (χ1) is 10.0. The molecule has 1 heterocycles. The van der Waals surface area contributed by atoms with E-state index < -0.39 is 0 Å². The van der Waals surface area contributed by atoms with E-state index in [0.717, 1.165) is 25.2 Å². The summed E-state index contributed by atoms with van der Waals surface area (Å²) in [6.07, 6.45) is 2.38. The number of halogens is 2. The summed E-state index contributed by atoms with van der Waals surface area (Å²) in [5, 5.41) is 5.05. The lowest BCUT2D eigenvalue weighted by Gasteiger charge is -2.31. The molecular weight excluding hydrogens is 303 g/mol. The maximum atomic E-state index is 6.35. The average molecular weight is 329 g/mol. The minimum absolute atomic E-state index is 0.554. The van der Waals surface area contributed by atoms with Crippen molar-refractivity contribution in [3.8, 4) is 0 Å². The molecule has 1 saturated heterocycles. The highest BCUT2D eigenvalue weighted by Crippen LogP contribution is 2.28. The lowest BCUT2D eigenvalue weighted by Crippen LogP contribution is -2.43. The van der Waals surface area contributed by atoms with Gasteiger partial charge in [0, 0.05) is 25.2 Å². The van der Waals surface area contributed by atoms with Crippen LogP contribution in [0.15, 0.2) is 18.2 Å². The summed E-state index contributed by atoms with van der Waals surface area (Å²) in [4.78, 5) is 2.54. The van der Waals surface area contributed by atoms with Gasteiger partial charge in [0.05, 0.1) is 10.0 Å². The van der Waals surface area contributed by atoms with Gasteiger partial charge in [-0.1, -0.05) is 55.6 Å². The Kier molecular flexibility index (Phi) is 6.36. The molecule has 1 fully saturated rings. The van der Waals surface area contributed by atoms with Crippen LogP contribution in [0.5, 0.6) is 0 Å². The highest BCUT2D eigenvalue weighted by molar-refractivity contribution is 6.42. The van der Waals surface area contributed by atoms with E-state index in [1.807, 2.05) is 12.1 Å². The highest BCUT2D eigenvalue weighted by Gasteiger charge is 2.26. The van der Waals surface area contributed by atoms with Crippen molar-refractivity contribution in [2.24, 2.45) is 5.92 Å². The molecule has 0 radical (unpaired) electrons. The highest BCUT2D eigenvalue weighted by atomic mass is 35.5. The van der Waals surface area contributed by atoms with Crippen molar-refractivity contribution in [3.63, 3.8) is 0 Å². The molecule has 2 rings (SSSR count). The summed E-state index contributed by atoms with van der Waals surface area (Å²) >= 11 is 12.5. The van der Waals surface area contributed by atoms with Gasteiger partial charge in [-0.3, -0.25) is 4.90 Å². The zero-order valence-corrected chi connectivity index (χ0v) is 14.7. The van der Waals surface area contributed by atoms with Gasteiger partial charge in [0.15, 0.2) is 0 Å². The van der Waals surface area contributed by atoms with Gasteiger partial charge in [-0.05, 0) is 37.4 Å². The van der Waals surface area contributed by atoms with Crippen molar-refractivity contribution >= 4 is 23.2 Å². The van der Waals surface area contributed by atoms with Crippen LogP contribution >= 0.6 is 23.2 Å². The van der Waals surface area contributed by atoms with Crippen LogP contribution in [0, 0.1) is 5.92 Å². The first-order valence-corrected chi connectivity index (χ1v) is 8.68. The van der Waals surface area contributed by atoms with E-state index in [9.17, 15) is 0 Å². The average Bonchev–Trinajstić information content (AvgIpc) is 2.65. The van der Waals surface area contributed by atoms with Gasteiger partial charge in [0.2, 0.25) is 0 Å². The molecule has 0 amide bonds. The smallest absolute Gasteiger partial charge is 0.0637 e. The lowest BCUT2D eigenvalue weighted by atomic mass is 9.98. The summed E-state index contributed by atoms with van der Waals surface area (Å²) in [7, 11) is 0. The molecule has 0 aliphatic carbocycles. The van der Waals surface area contributed by atoms with Crippen molar-refractivity contribution in [1.29, 1.82) is 0 Å². The zero-order valence-electron chi connectivity index (χ0n) is 13.2. The SMILES string of the molecule is CCC(C)C1CN(Cc2cccc(Cl)c2Cl)C(C)CCN1. The minimum Gasteiger partial charge on any atom is -0.312 e. The van der Waals surface area contributed by atoms with Gasteiger partial charge >= 0.3 is 0 Å². The summed E-state index contributed by atoms with van der Waals surface area (Å²) in [6, 6.07) is 7.02. The third-order valence-electron chi connectivity index (χ3n) is 4.76. The maximum Gasteiger partial charge on any atom is 0.0637 e. The molecule has 21 heavy (non-hydrogen) atoms. The van der Waals surface area contributed by atoms with Crippen LogP contribution in [0.4, 0.5) is 0 Å². The molecule has 0 aromatic heterocycles. The van der Waals surface area contributed by atoms with Gasteiger partial charge in [-0.2, -0.15) is 0 Å². The predicted octanol–water partition coefficient (Wildman–Crippen LogP) is 4.59. The van der Waals surface area contributed by atoms with Crippen LogP contribution in [-0.2, 0) is 6.54 Å². The summed E-state index contributed by atoms with van der Waals surface area (Å²) in [5.41, 5.74) is 1.13. The Balaban J connectivity index is 2.13. The predicted molar refractivity (Wildman–Crippen MR) is 92.2 cm³/mol. The molecule has 3 unspecified atom stereocenters. The fraction of sp³-hybridized carbons (Fsp3) is 0.647. The molecule has 1 aliphatic heterocycles. The maximum absolute atomic E-state index is 6.35. The molecular formula is C17H26Cl2N2. The molecule has 1 N–H and O–H groups in total. The molecule has 3 atom stereocenters. The Morgan fingerprint density at radius 1 is 1.38 bits per heavy atom. The lowest BCUT2D eigenvalue weighted by molar-refractivity contribution is 0.180. The monoisotopic (exact) mass is 328 g/mol. The molecule has 2 nitrogen and oxygen atoms in total. The second-order valence-electron chi connectivity index (χ2n) is 6.23. The van der Waals surface area contributed by atoms with Crippen molar-refractivity contribution in [2.45, 2.75) is 52.2 Å². The number of hydrogen-bond donors (Lipinski definition) is 1. The van der Waals surface area contributed by atoms with Crippen LogP contribution in [0.25, 0.3) is 0 Å². The fourth-order valence-electron chi connectivity index (χ4n) is 2.93. The van der Waals surface area contributed by atoms with Crippen LogP contribution in [0.2, 0.25) is 10.0 Å². The largest absolute Gasteiger partial charge is 0.312 e. The topological polar surface area (TPSA) is 15.3 Å². The molecule has 0 spiro atoms. The Hall–Kier alpha value is -0.280. The second kappa shape index (κ2) is 7.82. The van der Waals surface area contributed by atoms with Gasteiger partial charge in [-0.25, -0.2) is 0 Å².